The summed E-state index contributed by atoms with van der Waals surface area (Å²) in [5, 5.41) is 10.8. The van der Waals surface area contributed by atoms with Gasteiger partial charge in [-0.3, -0.25) is 9.36 Å². The summed E-state index contributed by atoms with van der Waals surface area (Å²) < 4.78 is 6.43. The smallest absolute Gasteiger partial charge is 0.360 e. The molecule has 128 valence electrons. The van der Waals surface area contributed by atoms with Gasteiger partial charge in [-0.05, 0) is 34.5 Å². The van der Waals surface area contributed by atoms with Crippen LogP contribution in [0.3, 0.4) is 0 Å². The Balaban J connectivity index is 2.32. The number of aromatic hydroxyl groups is 1. The first-order valence-electron chi connectivity index (χ1n) is 7.51. The van der Waals surface area contributed by atoms with E-state index in [1.807, 2.05) is 37.3 Å². The normalized spacial score (nSPS) is 12.1. The summed E-state index contributed by atoms with van der Waals surface area (Å²) in [7, 11) is 1.21. The fourth-order valence-electron chi connectivity index (χ4n) is 2.76. The van der Waals surface area contributed by atoms with Crippen LogP contribution < -0.4 is 5.56 Å². The monoisotopic (exact) mass is 402 g/mol. The van der Waals surface area contributed by atoms with Gasteiger partial charge in [0.05, 0.1) is 29.3 Å². The number of carbonyl (C=O) groups is 1. The zero-order chi connectivity index (χ0) is 18.1. The summed E-state index contributed by atoms with van der Waals surface area (Å²) in [6, 6.07) is 10.7. The number of benzene rings is 1. The Morgan fingerprint density at radius 1 is 1.32 bits per heavy atom. The first kappa shape index (κ1) is 17.2. The Bertz CT molecular complexity index is 1020. The van der Waals surface area contributed by atoms with Crippen LogP contribution in [0.1, 0.15) is 29.0 Å². The van der Waals surface area contributed by atoms with Crippen LogP contribution in [0.5, 0.6) is 5.75 Å². The van der Waals surface area contributed by atoms with Crippen molar-refractivity contribution in [2.45, 2.75) is 13.0 Å². The highest BCUT2D eigenvalue weighted by Gasteiger charge is 2.21. The number of ether oxygens (including phenoxy) is 1. The van der Waals surface area contributed by atoms with Gasteiger partial charge in [0, 0.05) is 5.39 Å². The second kappa shape index (κ2) is 6.68. The SMILES string of the molecule is COC(=O)c1ncc2c(cc(Br)c(=O)n2C(C)c2ccccc2)c1O. The van der Waals surface area contributed by atoms with E-state index in [4.69, 9.17) is 0 Å². The number of pyridine rings is 2. The zero-order valence-corrected chi connectivity index (χ0v) is 15.1. The van der Waals surface area contributed by atoms with Gasteiger partial charge < -0.3 is 9.84 Å². The number of fused-ring (bicyclic) bond motifs is 1. The first-order valence-corrected chi connectivity index (χ1v) is 8.31. The minimum Gasteiger partial charge on any atom is -0.505 e. The van der Waals surface area contributed by atoms with Crippen LogP contribution in [-0.2, 0) is 4.74 Å². The van der Waals surface area contributed by atoms with Crippen LogP contribution >= 0.6 is 15.9 Å². The molecule has 3 rings (SSSR count). The minimum atomic E-state index is -0.746. The molecule has 1 atom stereocenters. The van der Waals surface area contributed by atoms with Crippen molar-refractivity contribution in [3.05, 3.63) is 68.7 Å². The van der Waals surface area contributed by atoms with Gasteiger partial charge in [-0.2, -0.15) is 0 Å². The second-order valence-corrected chi connectivity index (χ2v) is 6.35. The Kier molecular flexibility index (Phi) is 4.59. The van der Waals surface area contributed by atoms with E-state index in [-0.39, 0.29) is 27.5 Å². The maximum Gasteiger partial charge on any atom is 0.360 e. The summed E-state index contributed by atoms with van der Waals surface area (Å²) in [6.45, 7) is 1.88. The highest BCUT2D eigenvalue weighted by molar-refractivity contribution is 9.10. The van der Waals surface area contributed by atoms with Crippen molar-refractivity contribution in [2.75, 3.05) is 7.11 Å². The fraction of sp³-hybridized carbons (Fsp3) is 0.167. The zero-order valence-electron chi connectivity index (χ0n) is 13.6. The van der Waals surface area contributed by atoms with Crippen molar-refractivity contribution in [1.82, 2.24) is 9.55 Å². The number of rotatable bonds is 3. The number of methoxy groups -OCH3 is 1. The van der Waals surface area contributed by atoms with Crippen molar-refractivity contribution < 1.29 is 14.6 Å². The predicted octanol–water partition coefficient (Wildman–Crippen LogP) is 3.26. The molecule has 0 aliphatic carbocycles. The lowest BCUT2D eigenvalue weighted by Crippen LogP contribution is -2.25. The van der Waals surface area contributed by atoms with Crippen molar-refractivity contribution in [2.24, 2.45) is 0 Å². The summed E-state index contributed by atoms with van der Waals surface area (Å²) in [5.74, 6) is -1.07. The summed E-state index contributed by atoms with van der Waals surface area (Å²) in [5.41, 5.74) is 0.908. The van der Waals surface area contributed by atoms with Crippen molar-refractivity contribution in [3.8, 4) is 5.75 Å². The van der Waals surface area contributed by atoms with Crippen LogP contribution in [0.15, 0.2) is 51.9 Å². The third kappa shape index (κ3) is 2.91. The lowest BCUT2D eigenvalue weighted by atomic mass is 10.1. The predicted molar refractivity (Wildman–Crippen MR) is 97.0 cm³/mol. The molecular weight excluding hydrogens is 388 g/mol. The van der Waals surface area contributed by atoms with Crippen molar-refractivity contribution in [3.63, 3.8) is 0 Å². The number of halogens is 1. The summed E-state index contributed by atoms with van der Waals surface area (Å²) in [4.78, 5) is 28.4. The molecule has 6 nitrogen and oxygen atoms in total. The van der Waals surface area contributed by atoms with Crippen LogP contribution in [-0.4, -0.2) is 27.7 Å². The Labute approximate surface area is 151 Å². The molecule has 7 heteroatoms. The highest BCUT2D eigenvalue weighted by Crippen LogP contribution is 2.31. The summed E-state index contributed by atoms with van der Waals surface area (Å²) >= 11 is 3.24. The maximum atomic E-state index is 12.7. The molecule has 2 heterocycles. The average molecular weight is 403 g/mol. The Hall–Kier alpha value is -2.67. The van der Waals surface area contributed by atoms with Crippen LogP contribution in [0.25, 0.3) is 10.9 Å². The molecule has 0 spiro atoms. The highest BCUT2D eigenvalue weighted by atomic mass is 79.9. The molecule has 1 N–H and O–H groups in total. The molecule has 1 unspecified atom stereocenters. The van der Waals surface area contributed by atoms with Gasteiger partial charge in [-0.15, -0.1) is 0 Å². The second-order valence-electron chi connectivity index (χ2n) is 5.50. The topological polar surface area (TPSA) is 81.4 Å². The molecule has 25 heavy (non-hydrogen) atoms. The third-order valence-electron chi connectivity index (χ3n) is 4.07. The van der Waals surface area contributed by atoms with E-state index < -0.39 is 5.97 Å². The van der Waals surface area contributed by atoms with Crippen LogP contribution in [0.2, 0.25) is 0 Å². The fourth-order valence-corrected chi connectivity index (χ4v) is 3.18. The van der Waals surface area contributed by atoms with E-state index in [2.05, 4.69) is 25.7 Å². The number of carbonyl (C=O) groups excluding carboxylic acids is 1. The van der Waals surface area contributed by atoms with Crippen molar-refractivity contribution in [1.29, 1.82) is 0 Å². The average Bonchev–Trinajstić information content (AvgIpc) is 2.63. The molecule has 0 aliphatic rings. The molecular formula is C18H15BrN2O4. The minimum absolute atomic E-state index is 0.195. The molecule has 0 bridgehead atoms. The van der Waals surface area contributed by atoms with Gasteiger partial charge in [-0.1, -0.05) is 30.3 Å². The number of aromatic nitrogens is 2. The van der Waals surface area contributed by atoms with E-state index >= 15 is 0 Å². The number of nitrogens with zero attached hydrogens (tertiary/aromatic N) is 2. The van der Waals surface area contributed by atoms with Gasteiger partial charge in [0.25, 0.3) is 5.56 Å². The van der Waals surface area contributed by atoms with Crippen LogP contribution in [0.4, 0.5) is 0 Å². The lowest BCUT2D eigenvalue weighted by Gasteiger charge is -2.19. The first-order chi connectivity index (χ1) is 12.0. The maximum absolute atomic E-state index is 12.7. The molecule has 3 aromatic rings. The van der Waals surface area contributed by atoms with Gasteiger partial charge in [0.1, 0.15) is 0 Å². The van der Waals surface area contributed by atoms with E-state index in [0.29, 0.717) is 10.9 Å². The third-order valence-corrected chi connectivity index (χ3v) is 4.64. The van der Waals surface area contributed by atoms with Crippen LogP contribution in [0, 0.1) is 0 Å². The van der Waals surface area contributed by atoms with Gasteiger partial charge in [0.15, 0.2) is 11.4 Å². The number of hydrogen-bond donors (Lipinski definition) is 1. The quantitative estimate of drug-likeness (QED) is 0.679. The standard InChI is InChI=1S/C18H15BrN2O4/c1-10(11-6-4-3-5-7-11)21-14-9-20-15(18(24)25-2)16(22)12(14)8-13(19)17(21)23/h3-10,22H,1-2H3. The molecule has 1 aromatic carbocycles. The molecule has 0 saturated heterocycles. The molecule has 0 saturated carbocycles. The molecule has 0 fully saturated rings. The Morgan fingerprint density at radius 3 is 2.64 bits per heavy atom. The Morgan fingerprint density at radius 2 is 2.00 bits per heavy atom. The van der Waals surface area contributed by atoms with Crippen molar-refractivity contribution >= 4 is 32.8 Å². The van der Waals surface area contributed by atoms with Gasteiger partial charge in [0.2, 0.25) is 0 Å². The number of hydrogen-bond acceptors (Lipinski definition) is 5. The van der Waals surface area contributed by atoms with E-state index in [1.165, 1.54) is 23.9 Å². The van der Waals surface area contributed by atoms with E-state index in [0.717, 1.165) is 5.56 Å². The lowest BCUT2D eigenvalue weighted by molar-refractivity contribution is 0.0591. The molecule has 0 amide bonds. The molecule has 0 aliphatic heterocycles. The number of esters is 1. The van der Waals surface area contributed by atoms with Gasteiger partial charge in [-0.25, -0.2) is 9.78 Å². The largest absolute Gasteiger partial charge is 0.505 e. The summed E-state index contributed by atoms with van der Waals surface area (Å²) in [6.07, 6.45) is 1.40. The van der Waals surface area contributed by atoms with Gasteiger partial charge >= 0.3 is 5.97 Å². The van der Waals surface area contributed by atoms with E-state index in [9.17, 15) is 14.7 Å². The molecule has 2 aromatic heterocycles. The molecule has 0 radical (unpaired) electrons. The van der Waals surface area contributed by atoms with E-state index in [1.54, 1.807) is 0 Å².